The lowest BCUT2D eigenvalue weighted by atomic mass is 10.0. The van der Waals surface area contributed by atoms with Crippen LogP contribution in [0, 0.1) is 12.8 Å². The van der Waals surface area contributed by atoms with E-state index in [1.165, 1.54) is 0 Å². The quantitative estimate of drug-likeness (QED) is 0.792. The van der Waals surface area contributed by atoms with Crippen molar-refractivity contribution in [3.63, 3.8) is 0 Å². The van der Waals surface area contributed by atoms with Crippen LogP contribution in [-0.2, 0) is 4.79 Å². The van der Waals surface area contributed by atoms with Gasteiger partial charge in [0.1, 0.15) is 6.04 Å². The molecule has 1 aliphatic carbocycles. The van der Waals surface area contributed by atoms with Gasteiger partial charge in [-0.15, -0.1) is 12.4 Å². The molecule has 112 valence electrons. The van der Waals surface area contributed by atoms with Gasteiger partial charge in [0.05, 0.1) is 6.10 Å². The van der Waals surface area contributed by atoms with Crippen molar-refractivity contribution in [3.05, 3.63) is 35.4 Å². The number of hydrogen-bond donors (Lipinski definition) is 3. The van der Waals surface area contributed by atoms with Gasteiger partial charge in [-0.3, -0.25) is 4.79 Å². The molecule has 1 saturated carbocycles. The van der Waals surface area contributed by atoms with Crippen molar-refractivity contribution < 1.29 is 9.90 Å². The first-order valence-corrected chi connectivity index (χ1v) is 6.86. The van der Waals surface area contributed by atoms with Crippen LogP contribution in [0.5, 0.6) is 0 Å². The molecule has 1 fully saturated rings. The van der Waals surface area contributed by atoms with Crippen molar-refractivity contribution in [2.24, 2.45) is 11.7 Å². The first-order valence-electron chi connectivity index (χ1n) is 6.86. The molecule has 0 aromatic heterocycles. The van der Waals surface area contributed by atoms with Crippen LogP contribution in [0.3, 0.4) is 0 Å². The summed E-state index contributed by atoms with van der Waals surface area (Å²) in [5.41, 5.74) is 7.89. The highest BCUT2D eigenvalue weighted by Gasteiger charge is 2.26. The van der Waals surface area contributed by atoms with E-state index in [4.69, 9.17) is 5.73 Å². The van der Waals surface area contributed by atoms with Crippen molar-refractivity contribution in [2.75, 3.05) is 6.54 Å². The number of aliphatic hydroxyl groups excluding tert-OH is 1. The zero-order valence-electron chi connectivity index (χ0n) is 11.7. The minimum atomic E-state index is -0.640. The molecule has 0 saturated heterocycles. The van der Waals surface area contributed by atoms with E-state index in [1.54, 1.807) is 0 Å². The summed E-state index contributed by atoms with van der Waals surface area (Å²) in [6.45, 7) is 2.51. The summed E-state index contributed by atoms with van der Waals surface area (Å²) in [6.07, 6.45) is 2.56. The van der Waals surface area contributed by atoms with Gasteiger partial charge in [-0.2, -0.15) is 0 Å². The summed E-state index contributed by atoms with van der Waals surface area (Å²) in [4.78, 5) is 12.0. The Balaban J connectivity index is 0.00000200. The van der Waals surface area contributed by atoms with Crippen molar-refractivity contribution in [2.45, 2.75) is 38.3 Å². The van der Waals surface area contributed by atoms with Gasteiger partial charge in [0.2, 0.25) is 5.91 Å². The molecule has 20 heavy (non-hydrogen) atoms. The molecule has 1 amide bonds. The molecular weight excluding hydrogens is 276 g/mol. The lowest BCUT2D eigenvalue weighted by Crippen LogP contribution is -2.38. The Morgan fingerprint density at radius 1 is 1.40 bits per heavy atom. The molecule has 5 heteroatoms. The Bertz CT molecular complexity index is 436. The third-order valence-electron chi connectivity index (χ3n) is 3.88. The molecule has 4 nitrogen and oxygen atoms in total. The Hall–Kier alpha value is -1.10. The van der Waals surface area contributed by atoms with E-state index >= 15 is 0 Å². The van der Waals surface area contributed by atoms with Gasteiger partial charge in [0.25, 0.3) is 0 Å². The van der Waals surface area contributed by atoms with Crippen LogP contribution in [0.2, 0.25) is 0 Å². The molecule has 4 N–H and O–H groups in total. The average Bonchev–Trinajstić information content (AvgIpc) is 2.81. The number of hydrogen-bond acceptors (Lipinski definition) is 3. The highest BCUT2D eigenvalue weighted by Crippen LogP contribution is 2.24. The number of nitrogens with two attached hydrogens (primary N) is 1. The third kappa shape index (κ3) is 4.20. The number of carbonyl (C=O) groups is 1. The van der Waals surface area contributed by atoms with Gasteiger partial charge < -0.3 is 16.2 Å². The number of rotatable bonds is 4. The van der Waals surface area contributed by atoms with E-state index in [0.29, 0.717) is 6.54 Å². The highest BCUT2D eigenvalue weighted by molar-refractivity contribution is 5.85. The topological polar surface area (TPSA) is 75.4 Å². The second-order valence-electron chi connectivity index (χ2n) is 5.39. The SMILES string of the molecule is Cc1ccc(C(N)C(=O)NCC2CCCC2O)cc1.Cl. The predicted molar refractivity (Wildman–Crippen MR) is 81.7 cm³/mol. The maximum Gasteiger partial charge on any atom is 0.241 e. The van der Waals surface area contributed by atoms with E-state index in [-0.39, 0.29) is 30.3 Å². The predicted octanol–water partition coefficient (Wildman–Crippen LogP) is 1.69. The molecule has 3 atom stereocenters. The molecule has 1 aromatic rings. The van der Waals surface area contributed by atoms with Crippen LogP contribution in [0.15, 0.2) is 24.3 Å². The zero-order valence-corrected chi connectivity index (χ0v) is 12.5. The van der Waals surface area contributed by atoms with E-state index < -0.39 is 6.04 Å². The Labute approximate surface area is 126 Å². The molecule has 1 aromatic carbocycles. The van der Waals surface area contributed by atoms with Gasteiger partial charge >= 0.3 is 0 Å². The summed E-state index contributed by atoms with van der Waals surface area (Å²) in [7, 11) is 0. The number of aryl methyl sites for hydroxylation is 1. The Kier molecular flexibility index (Phi) is 6.46. The Morgan fingerprint density at radius 3 is 2.60 bits per heavy atom. The first-order chi connectivity index (χ1) is 9.08. The van der Waals surface area contributed by atoms with Crippen LogP contribution in [0.25, 0.3) is 0 Å². The van der Waals surface area contributed by atoms with Crippen molar-refractivity contribution >= 4 is 18.3 Å². The maximum absolute atomic E-state index is 12.0. The Morgan fingerprint density at radius 2 is 2.05 bits per heavy atom. The summed E-state index contributed by atoms with van der Waals surface area (Å²) in [5, 5.41) is 12.5. The number of amides is 1. The van der Waals surface area contributed by atoms with Crippen molar-refractivity contribution in [3.8, 4) is 0 Å². The maximum atomic E-state index is 12.0. The molecule has 0 spiro atoms. The lowest BCUT2D eigenvalue weighted by molar-refractivity contribution is -0.122. The number of aliphatic hydroxyl groups is 1. The molecule has 1 aliphatic rings. The second kappa shape index (κ2) is 7.62. The van der Waals surface area contributed by atoms with Crippen molar-refractivity contribution in [1.29, 1.82) is 0 Å². The normalized spacial score (nSPS) is 22.9. The van der Waals surface area contributed by atoms with Gasteiger partial charge in [0.15, 0.2) is 0 Å². The summed E-state index contributed by atoms with van der Waals surface area (Å²) < 4.78 is 0. The summed E-state index contributed by atoms with van der Waals surface area (Å²) in [6, 6.07) is 7.01. The summed E-state index contributed by atoms with van der Waals surface area (Å²) in [5.74, 6) is -0.00267. The van der Waals surface area contributed by atoms with Crippen LogP contribution in [-0.4, -0.2) is 23.7 Å². The number of halogens is 1. The average molecular weight is 299 g/mol. The molecule has 0 bridgehead atoms. The second-order valence-corrected chi connectivity index (χ2v) is 5.39. The van der Waals surface area contributed by atoms with Gasteiger partial charge in [0, 0.05) is 12.5 Å². The van der Waals surface area contributed by atoms with Gasteiger partial charge in [-0.05, 0) is 25.3 Å². The fourth-order valence-electron chi connectivity index (χ4n) is 2.52. The zero-order chi connectivity index (χ0) is 13.8. The van der Waals surface area contributed by atoms with E-state index in [9.17, 15) is 9.90 Å². The van der Waals surface area contributed by atoms with E-state index in [2.05, 4.69) is 5.32 Å². The van der Waals surface area contributed by atoms with Crippen LogP contribution in [0.4, 0.5) is 0 Å². The third-order valence-corrected chi connectivity index (χ3v) is 3.88. The smallest absolute Gasteiger partial charge is 0.241 e. The molecule has 0 radical (unpaired) electrons. The molecule has 0 heterocycles. The standard InChI is InChI=1S/C15H22N2O2.ClH/c1-10-5-7-11(8-6-10)14(16)15(19)17-9-12-3-2-4-13(12)18;/h5-8,12-14,18H,2-4,9,16H2,1H3,(H,17,19);1H. The molecule has 3 unspecified atom stereocenters. The lowest BCUT2D eigenvalue weighted by Gasteiger charge is -2.17. The first kappa shape index (κ1) is 17.0. The van der Waals surface area contributed by atoms with E-state index in [0.717, 1.165) is 30.4 Å². The largest absolute Gasteiger partial charge is 0.393 e. The highest BCUT2D eigenvalue weighted by atomic mass is 35.5. The molecule has 2 rings (SSSR count). The van der Waals surface area contributed by atoms with Gasteiger partial charge in [-0.1, -0.05) is 36.2 Å². The fraction of sp³-hybridized carbons (Fsp3) is 0.533. The van der Waals surface area contributed by atoms with Crippen LogP contribution < -0.4 is 11.1 Å². The van der Waals surface area contributed by atoms with Gasteiger partial charge in [-0.25, -0.2) is 0 Å². The molecular formula is C15H23ClN2O2. The van der Waals surface area contributed by atoms with E-state index in [1.807, 2.05) is 31.2 Å². The minimum Gasteiger partial charge on any atom is -0.393 e. The monoisotopic (exact) mass is 298 g/mol. The number of nitrogens with one attached hydrogen (secondary N) is 1. The number of carbonyl (C=O) groups excluding carboxylic acids is 1. The van der Waals surface area contributed by atoms with Crippen LogP contribution in [0.1, 0.15) is 36.4 Å². The fourth-order valence-corrected chi connectivity index (χ4v) is 2.52. The minimum absolute atomic E-state index is 0. The summed E-state index contributed by atoms with van der Waals surface area (Å²) >= 11 is 0. The van der Waals surface area contributed by atoms with Crippen molar-refractivity contribution in [1.82, 2.24) is 5.32 Å². The van der Waals surface area contributed by atoms with Crippen LogP contribution >= 0.6 is 12.4 Å². The molecule has 0 aliphatic heterocycles. The number of benzene rings is 1.